The first-order valence-corrected chi connectivity index (χ1v) is 11.2. The molecule has 3 fully saturated rings. The van der Waals surface area contributed by atoms with Crippen molar-refractivity contribution in [3.05, 3.63) is 29.8 Å². The maximum Gasteiger partial charge on any atom is 0.325 e. The minimum Gasteiger partial charge on any atom is -0.497 e. The highest BCUT2D eigenvalue weighted by Gasteiger charge is 2.56. The van der Waals surface area contributed by atoms with Gasteiger partial charge in [-0.2, -0.15) is 0 Å². The molecule has 0 spiro atoms. The molecule has 1 aromatic carbocycles. The fourth-order valence-corrected chi connectivity index (χ4v) is 4.72. The Morgan fingerprint density at radius 3 is 2.48 bits per heavy atom. The van der Waals surface area contributed by atoms with Crippen LogP contribution in [0.5, 0.6) is 5.75 Å². The Morgan fingerprint density at radius 1 is 1.19 bits per heavy atom. The van der Waals surface area contributed by atoms with Gasteiger partial charge in [-0.25, -0.2) is 4.79 Å². The molecule has 2 atom stereocenters. The number of piperidine rings is 1. The summed E-state index contributed by atoms with van der Waals surface area (Å²) >= 11 is 0. The number of hydrogen-bond acceptors (Lipinski definition) is 5. The number of nitrogens with zero attached hydrogens (tertiary/aromatic N) is 2. The van der Waals surface area contributed by atoms with Crippen LogP contribution in [0.3, 0.4) is 0 Å². The molecule has 4 rings (SSSR count). The van der Waals surface area contributed by atoms with Crippen LogP contribution in [0.15, 0.2) is 24.3 Å². The van der Waals surface area contributed by atoms with E-state index in [0.29, 0.717) is 6.54 Å². The van der Waals surface area contributed by atoms with Crippen LogP contribution in [-0.2, 0) is 9.59 Å². The number of nitrogens with one attached hydrogen (secondary N) is 2. The summed E-state index contributed by atoms with van der Waals surface area (Å²) in [6.07, 6.45) is 5.37. The minimum absolute atomic E-state index is 0.0370. The number of amides is 4. The highest BCUT2D eigenvalue weighted by atomic mass is 16.5. The number of carbonyl (C=O) groups is 3. The van der Waals surface area contributed by atoms with E-state index >= 15 is 0 Å². The van der Waals surface area contributed by atoms with Crippen LogP contribution in [0.1, 0.15) is 50.6 Å². The lowest BCUT2D eigenvalue weighted by atomic mass is 9.96. The molecule has 8 heteroatoms. The molecule has 1 saturated carbocycles. The number of hydrogen-bond donors (Lipinski definition) is 2. The summed E-state index contributed by atoms with van der Waals surface area (Å²) in [7, 11) is 1.64. The summed E-state index contributed by atoms with van der Waals surface area (Å²) in [6.45, 7) is 3.91. The van der Waals surface area contributed by atoms with Crippen LogP contribution in [0.2, 0.25) is 0 Å². The average Bonchev–Trinajstić information content (AvgIpc) is 3.61. The van der Waals surface area contributed by atoms with Crippen molar-refractivity contribution >= 4 is 17.8 Å². The largest absolute Gasteiger partial charge is 0.497 e. The molecule has 1 aromatic rings. The molecule has 4 amide bonds. The zero-order valence-corrected chi connectivity index (χ0v) is 18.4. The van der Waals surface area contributed by atoms with Gasteiger partial charge in [0.15, 0.2) is 0 Å². The number of rotatable bonds is 8. The molecular formula is C23H32N4O4. The summed E-state index contributed by atoms with van der Waals surface area (Å²) in [6, 6.07) is 7.48. The third-order valence-corrected chi connectivity index (χ3v) is 6.82. The lowest BCUT2D eigenvalue weighted by molar-refractivity contribution is -0.135. The molecule has 3 aliphatic rings. The fourth-order valence-electron chi connectivity index (χ4n) is 4.72. The van der Waals surface area contributed by atoms with E-state index in [4.69, 9.17) is 4.74 Å². The zero-order chi connectivity index (χ0) is 22.0. The lowest BCUT2D eigenvalue weighted by Crippen LogP contribution is -2.47. The van der Waals surface area contributed by atoms with Crippen molar-refractivity contribution in [2.24, 2.45) is 5.92 Å². The highest BCUT2D eigenvalue weighted by Crippen LogP contribution is 2.42. The van der Waals surface area contributed by atoms with Gasteiger partial charge in [-0.1, -0.05) is 18.6 Å². The Kier molecular flexibility index (Phi) is 6.18. The van der Waals surface area contributed by atoms with Gasteiger partial charge in [0.25, 0.3) is 5.91 Å². The fraction of sp³-hybridized carbons (Fsp3) is 0.609. The molecule has 2 aliphatic heterocycles. The van der Waals surface area contributed by atoms with Crippen LogP contribution in [0.4, 0.5) is 4.79 Å². The smallest absolute Gasteiger partial charge is 0.325 e. The minimum atomic E-state index is -0.864. The summed E-state index contributed by atoms with van der Waals surface area (Å²) in [5.41, 5.74) is 0.246. The van der Waals surface area contributed by atoms with Gasteiger partial charge in [-0.3, -0.25) is 19.4 Å². The Bertz CT molecular complexity index is 832. The Hall–Kier alpha value is -2.61. The van der Waals surface area contributed by atoms with E-state index in [0.717, 1.165) is 55.0 Å². The Labute approximate surface area is 183 Å². The van der Waals surface area contributed by atoms with E-state index < -0.39 is 11.6 Å². The zero-order valence-electron chi connectivity index (χ0n) is 18.4. The van der Waals surface area contributed by atoms with E-state index in [1.165, 1.54) is 6.42 Å². The third-order valence-electron chi connectivity index (χ3n) is 6.82. The van der Waals surface area contributed by atoms with Crippen LogP contribution in [0.25, 0.3) is 0 Å². The summed E-state index contributed by atoms with van der Waals surface area (Å²) in [4.78, 5) is 41.2. The van der Waals surface area contributed by atoms with E-state index in [9.17, 15) is 14.4 Å². The quantitative estimate of drug-likeness (QED) is 0.619. The predicted molar refractivity (Wildman–Crippen MR) is 116 cm³/mol. The first kappa shape index (κ1) is 21.6. The summed E-state index contributed by atoms with van der Waals surface area (Å²) < 4.78 is 5.27. The van der Waals surface area contributed by atoms with Crippen molar-refractivity contribution in [1.82, 2.24) is 20.4 Å². The highest BCUT2D eigenvalue weighted by molar-refractivity contribution is 6.09. The number of ether oxygens (including phenoxy) is 1. The van der Waals surface area contributed by atoms with Gasteiger partial charge in [-0.15, -0.1) is 0 Å². The number of methoxy groups -OCH3 is 1. The van der Waals surface area contributed by atoms with Gasteiger partial charge in [0.2, 0.25) is 5.91 Å². The van der Waals surface area contributed by atoms with E-state index in [2.05, 4.69) is 15.5 Å². The normalized spacial score (nSPS) is 25.3. The van der Waals surface area contributed by atoms with E-state index in [1.54, 1.807) is 14.0 Å². The van der Waals surface area contributed by atoms with Gasteiger partial charge >= 0.3 is 6.03 Å². The van der Waals surface area contributed by atoms with Crippen molar-refractivity contribution in [2.75, 3.05) is 33.3 Å². The average molecular weight is 429 g/mol. The number of benzene rings is 1. The molecular weight excluding hydrogens is 396 g/mol. The molecule has 168 valence electrons. The van der Waals surface area contributed by atoms with E-state index in [1.807, 2.05) is 24.3 Å². The van der Waals surface area contributed by atoms with Gasteiger partial charge in [0, 0.05) is 6.54 Å². The van der Waals surface area contributed by atoms with Crippen molar-refractivity contribution in [1.29, 1.82) is 0 Å². The molecule has 0 aromatic heterocycles. The van der Waals surface area contributed by atoms with Gasteiger partial charge < -0.3 is 15.4 Å². The van der Waals surface area contributed by atoms with Crippen molar-refractivity contribution in [2.45, 2.75) is 50.6 Å². The second-order valence-electron chi connectivity index (χ2n) is 8.99. The van der Waals surface area contributed by atoms with Gasteiger partial charge in [0.05, 0.1) is 13.2 Å². The molecule has 2 saturated heterocycles. The maximum absolute atomic E-state index is 12.8. The Morgan fingerprint density at radius 2 is 1.87 bits per heavy atom. The number of carbonyl (C=O) groups excluding carboxylic acids is 3. The Balaban J connectivity index is 1.39. The van der Waals surface area contributed by atoms with Crippen LogP contribution in [0, 0.1) is 5.92 Å². The topological polar surface area (TPSA) is 91.0 Å². The summed E-state index contributed by atoms with van der Waals surface area (Å²) in [5, 5.41) is 5.75. The molecule has 2 unspecified atom stereocenters. The van der Waals surface area contributed by atoms with E-state index in [-0.39, 0.29) is 30.3 Å². The maximum atomic E-state index is 12.8. The second kappa shape index (κ2) is 8.86. The first-order chi connectivity index (χ1) is 14.9. The third kappa shape index (κ3) is 4.54. The standard InChI is InChI=1S/C23H32N4O4/c1-23(17-8-9-17)21(29)27(22(30)25-23)15-20(28)24-14-19(26-12-4-3-5-13-26)16-6-10-18(31-2)11-7-16/h6-7,10-11,17,19H,3-5,8-9,12-15H2,1-2H3,(H,24,28)(H,25,30). The predicted octanol–water partition coefficient (Wildman–Crippen LogP) is 2.06. The van der Waals surface area contributed by atoms with Gasteiger partial charge in [-0.05, 0) is 69.3 Å². The van der Waals surface area contributed by atoms with Crippen molar-refractivity contribution in [3.8, 4) is 5.75 Å². The first-order valence-electron chi connectivity index (χ1n) is 11.2. The number of imide groups is 1. The molecule has 0 radical (unpaired) electrons. The number of likely N-dealkylation sites (tertiary alicyclic amines) is 1. The monoisotopic (exact) mass is 428 g/mol. The number of urea groups is 1. The molecule has 8 nitrogen and oxygen atoms in total. The molecule has 31 heavy (non-hydrogen) atoms. The molecule has 1 aliphatic carbocycles. The van der Waals surface area contributed by atoms with Gasteiger partial charge in [0.1, 0.15) is 17.8 Å². The van der Waals surface area contributed by atoms with Crippen LogP contribution >= 0.6 is 0 Å². The molecule has 2 heterocycles. The lowest BCUT2D eigenvalue weighted by Gasteiger charge is -2.35. The van der Waals surface area contributed by atoms with Crippen LogP contribution in [-0.4, -0.2) is 66.5 Å². The SMILES string of the molecule is COc1ccc(C(CNC(=O)CN2C(=O)NC(C)(C3CC3)C2=O)N2CCCCC2)cc1. The summed E-state index contributed by atoms with van der Waals surface area (Å²) in [5.74, 6) is 0.356. The van der Waals surface area contributed by atoms with Crippen LogP contribution < -0.4 is 15.4 Å². The molecule has 0 bridgehead atoms. The molecule has 2 N–H and O–H groups in total. The second-order valence-corrected chi connectivity index (χ2v) is 8.99. The van der Waals surface area contributed by atoms with Crippen molar-refractivity contribution in [3.63, 3.8) is 0 Å². The van der Waals surface area contributed by atoms with Crippen molar-refractivity contribution < 1.29 is 19.1 Å².